The average molecular weight is 272 g/mol. The summed E-state index contributed by atoms with van der Waals surface area (Å²) in [6, 6.07) is 4.85. The molecule has 7 heteroatoms. The Kier molecular flexibility index (Phi) is 3.27. The van der Waals surface area contributed by atoms with Gasteiger partial charge in [0.25, 0.3) is 6.29 Å². The molecule has 18 heavy (non-hydrogen) atoms. The number of carbonyl (C=O) groups excluding carboxylic acids is 1. The monoisotopic (exact) mass is 272 g/mol. The van der Waals surface area contributed by atoms with Crippen LogP contribution >= 0.6 is 0 Å². The van der Waals surface area contributed by atoms with E-state index in [0.717, 1.165) is 5.56 Å². The summed E-state index contributed by atoms with van der Waals surface area (Å²) in [5.41, 5.74) is 1.52. The molecular weight excluding hydrogens is 260 g/mol. The van der Waals surface area contributed by atoms with Gasteiger partial charge in [0, 0.05) is 0 Å². The van der Waals surface area contributed by atoms with E-state index >= 15 is 0 Å². The molecule has 0 radical (unpaired) electrons. The minimum absolute atomic E-state index is 0.0519. The maximum Gasteiger partial charge on any atom is 0.510 e. The van der Waals surface area contributed by atoms with Crippen LogP contribution in [-0.2, 0) is 23.8 Å². The lowest BCUT2D eigenvalue weighted by Crippen LogP contribution is -2.21. The lowest BCUT2D eigenvalue weighted by Gasteiger charge is -2.11. The summed E-state index contributed by atoms with van der Waals surface area (Å²) in [7, 11) is -3.97. The Morgan fingerprint density at radius 1 is 1.33 bits per heavy atom. The Morgan fingerprint density at radius 3 is 2.61 bits per heavy atom. The summed E-state index contributed by atoms with van der Waals surface area (Å²) >= 11 is 0. The minimum atomic E-state index is -3.97. The summed E-state index contributed by atoms with van der Waals surface area (Å²) in [6.45, 7) is 3.29. The molecule has 1 unspecified atom stereocenters. The van der Waals surface area contributed by atoms with Crippen LogP contribution in [0.1, 0.15) is 11.1 Å². The van der Waals surface area contributed by atoms with Crippen LogP contribution in [0.15, 0.2) is 23.1 Å². The van der Waals surface area contributed by atoms with E-state index in [1.807, 2.05) is 6.92 Å². The highest BCUT2D eigenvalue weighted by Crippen LogP contribution is 2.21. The maximum absolute atomic E-state index is 12.0. The fourth-order valence-corrected chi connectivity index (χ4v) is 2.80. The molecule has 1 saturated heterocycles. The molecule has 0 spiro atoms. The summed E-state index contributed by atoms with van der Waals surface area (Å²) in [5.74, 6) is 0. The Bertz CT molecular complexity index is 577. The smallest absolute Gasteiger partial charge is 0.427 e. The van der Waals surface area contributed by atoms with Crippen LogP contribution in [-0.4, -0.2) is 27.5 Å². The molecule has 1 atom stereocenters. The van der Waals surface area contributed by atoms with E-state index in [1.165, 1.54) is 6.07 Å². The van der Waals surface area contributed by atoms with Crippen molar-refractivity contribution in [2.75, 3.05) is 6.61 Å². The van der Waals surface area contributed by atoms with Gasteiger partial charge in [0.2, 0.25) is 0 Å². The van der Waals surface area contributed by atoms with E-state index in [0.29, 0.717) is 5.56 Å². The van der Waals surface area contributed by atoms with Crippen LogP contribution in [0.2, 0.25) is 0 Å². The van der Waals surface area contributed by atoms with Crippen LogP contribution in [0, 0.1) is 13.8 Å². The second kappa shape index (κ2) is 4.58. The van der Waals surface area contributed by atoms with Gasteiger partial charge in [-0.05, 0) is 25.5 Å². The zero-order chi connectivity index (χ0) is 13.3. The van der Waals surface area contributed by atoms with Crippen molar-refractivity contribution < 1.29 is 26.9 Å². The molecule has 98 valence electrons. The molecule has 1 aromatic carbocycles. The molecule has 2 rings (SSSR count). The van der Waals surface area contributed by atoms with Crippen LogP contribution in [0.5, 0.6) is 0 Å². The molecule has 0 amide bonds. The van der Waals surface area contributed by atoms with Gasteiger partial charge in [-0.1, -0.05) is 17.7 Å². The van der Waals surface area contributed by atoms with Crippen molar-refractivity contribution in [1.29, 1.82) is 0 Å². The van der Waals surface area contributed by atoms with E-state index in [1.54, 1.807) is 19.1 Å². The number of ether oxygens (including phenoxy) is 2. The van der Waals surface area contributed by atoms with Crippen molar-refractivity contribution in [3.63, 3.8) is 0 Å². The molecule has 0 aliphatic carbocycles. The topological polar surface area (TPSA) is 78.9 Å². The second-order valence-corrected chi connectivity index (χ2v) is 5.47. The van der Waals surface area contributed by atoms with Crippen molar-refractivity contribution in [1.82, 2.24) is 0 Å². The quantitative estimate of drug-likeness (QED) is 0.613. The van der Waals surface area contributed by atoms with Crippen molar-refractivity contribution in [2.45, 2.75) is 25.0 Å². The van der Waals surface area contributed by atoms with Crippen molar-refractivity contribution in [2.24, 2.45) is 0 Å². The van der Waals surface area contributed by atoms with Crippen molar-refractivity contribution in [3.05, 3.63) is 29.3 Å². The molecule has 0 N–H and O–H groups in total. The van der Waals surface area contributed by atoms with E-state index in [-0.39, 0.29) is 11.5 Å². The Balaban J connectivity index is 2.23. The highest BCUT2D eigenvalue weighted by molar-refractivity contribution is 7.86. The summed E-state index contributed by atoms with van der Waals surface area (Å²) < 4.78 is 37.7. The van der Waals surface area contributed by atoms with Gasteiger partial charge in [0.15, 0.2) is 6.61 Å². The Hall–Kier alpha value is -1.60. The first kappa shape index (κ1) is 12.8. The highest BCUT2D eigenvalue weighted by Gasteiger charge is 2.32. The van der Waals surface area contributed by atoms with Gasteiger partial charge in [-0.25, -0.2) is 8.98 Å². The second-order valence-electron chi connectivity index (χ2n) is 3.93. The van der Waals surface area contributed by atoms with Crippen LogP contribution in [0.3, 0.4) is 0 Å². The van der Waals surface area contributed by atoms with Gasteiger partial charge >= 0.3 is 16.3 Å². The standard InChI is InChI=1S/C11H12O6S/c1-7-3-4-9(8(2)5-7)18(13,14)17-10-6-15-11(12)16-10/h3-5,10H,6H2,1-2H3. The predicted octanol–water partition coefficient (Wildman–Crippen LogP) is 1.50. The first-order chi connectivity index (χ1) is 8.38. The maximum atomic E-state index is 12.0. The number of hydrogen-bond acceptors (Lipinski definition) is 6. The largest absolute Gasteiger partial charge is 0.510 e. The van der Waals surface area contributed by atoms with Gasteiger partial charge in [-0.15, -0.1) is 0 Å². The summed E-state index contributed by atoms with van der Waals surface area (Å²) in [5, 5.41) is 0. The fourth-order valence-electron chi connectivity index (χ4n) is 1.63. The Labute approximate surface area is 105 Å². The number of aryl methyl sites for hydroxylation is 2. The lowest BCUT2D eigenvalue weighted by atomic mass is 10.2. The third-order valence-electron chi connectivity index (χ3n) is 2.40. The van der Waals surface area contributed by atoms with Gasteiger partial charge in [-0.2, -0.15) is 8.42 Å². The average Bonchev–Trinajstić information content (AvgIpc) is 2.62. The minimum Gasteiger partial charge on any atom is -0.427 e. The van der Waals surface area contributed by atoms with Crippen LogP contribution in [0.25, 0.3) is 0 Å². The van der Waals surface area contributed by atoms with Gasteiger partial charge in [0.1, 0.15) is 0 Å². The molecule has 1 aromatic rings. The van der Waals surface area contributed by atoms with Gasteiger partial charge < -0.3 is 9.47 Å². The molecule has 1 aliphatic rings. The first-order valence-electron chi connectivity index (χ1n) is 5.22. The number of benzene rings is 1. The molecule has 1 heterocycles. The number of hydrogen-bond donors (Lipinski definition) is 0. The third kappa shape index (κ3) is 2.62. The van der Waals surface area contributed by atoms with E-state index in [2.05, 4.69) is 9.47 Å². The predicted molar refractivity (Wildman–Crippen MR) is 60.4 cm³/mol. The van der Waals surface area contributed by atoms with E-state index in [4.69, 9.17) is 4.18 Å². The van der Waals surface area contributed by atoms with E-state index < -0.39 is 22.6 Å². The SMILES string of the molecule is Cc1ccc(S(=O)(=O)OC2COC(=O)O2)c(C)c1. The first-order valence-corrected chi connectivity index (χ1v) is 6.63. The lowest BCUT2D eigenvalue weighted by molar-refractivity contribution is 0.0103. The zero-order valence-corrected chi connectivity index (χ0v) is 10.7. The summed E-state index contributed by atoms with van der Waals surface area (Å²) in [6.07, 6.45) is -2.15. The molecule has 0 bridgehead atoms. The molecule has 0 aromatic heterocycles. The molecule has 6 nitrogen and oxygen atoms in total. The zero-order valence-electron chi connectivity index (χ0n) is 9.87. The molecular formula is C11H12O6S. The van der Waals surface area contributed by atoms with Gasteiger partial charge in [0.05, 0.1) is 4.90 Å². The number of rotatable bonds is 3. The highest BCUT2D eigenvalue weighted by atomic mass is 32.2. The molecule has 1 aliphatic heterocycles. The fraction of sp³-hybridized carbons (Fsp3) is 0.364. The summed E-state index contributed by atoms with van der Waals surface area (Å²) in [4.78, 5) is 10.7. The van der Waals surface area contributed by atoms with Gasteiger partial charge in [-0.3, -0.25) is 0 Å². The molecule has 0 saturated carbocycles. The third-order valence-corrected chi connectivity index (χ3v) is 3.86. The van der Waals surface area contributed by atoms with Crippen LogP contribution in [0.4, 0.5) is 4.79 Å². The molecule has 1 fully saturated rings. The van der Waals surface area contributed by atoms with Crippen LogP contribution < -0.4 is 0 Å². The van der Waals surface area contributed by atoms with E-state index in [9.17, 15) is 13.2 Å². The number of cyclic esters (lactones) is 2. The normalized spacial score (nSPS) is 19.4. The number of carbonyl (C=O) groups is 1. The van der Waals surface area contributed by atoms with Crippen molar-refractivity contribution in [3.8, 4) is 0 Å². The van der Waals surface area contributed by atoms with Crippen molar-refractivity contribution >= 4 is 16.3 Å². The Morgan fingerprint density at radius 2 is 2.06 bits per heavy atom.